The lowest BCUT2D eigenvalue weighted by atomic mass is 9.41. The van der Waals surface area contributed by atoms with Crippen molar-refractivity contribution in [2.45, 2.75) is 77.7 Å². The zero-order valence-electron chi connectivity index (χ0n) is 14.9. The summed E-state index contributed by atoms with van der Waals surface area (Å²) in [5.41, 5.74) is -0.898. The Bertz CT molecular complexity index is 541. The van der Waals surface area contributed by atoms with Crippen LogP contribution >= 0.6 is 0 Å². The van der Waals surface area contributed by atoms with Crippen molar-refractivity contribution in [3.05, 3.63) is 0 Å². The second kappa shape index (κ2) is 4.60. The first-order chi connectivity index (χ1) is 10.7. The average molecular weight is 320 g/mol. The minimum atomic E-state index is -1.02. The van der Waals surface area contributed by atoms with Gasteiger partial charge in [-0.25, -0.2) is 0 Å². The van der Waals surface area contributed by atoms with Crippen LogP contribution in [-0.4, -0.2) is 28.2 Å². The van der Waals surface area contributed by atoms with Crippen molar-refractivity contribution >= 4 is 5.78 Å². The van der Waals surface area contributed by atoms with Gasteiger partial charge in [0.1, 0.15) is 5.78 Å². The molecule has 4 rings (SSSR count). The van der Waals surface area contributed by atoms with E-state index in [1.54, 1.807) is 0 Å². The van der Waals surface area contributed by atoms with E-state index in [1.807, 2.05) is 0 Å². The highest BCUT2D eigenvalue weighted by Gasteiger charge is 2.70. The summed E-state index contributed by atoms with van der Waals surface area (Å²) in [6, 6.07) is 0. The van der Waals surface area contributed by atoms with E-state index in [9.17, 15) is 15.0 Å². The molecule has 1 spiro atoms. The Morgan fingerprint density at radius 1 is 1.13 bits per heavy atom. The van der Waals surface area contributed by atoms with Crippen LogP contribution in [0.25, 0.3) is 0 Å². The van der Waals surface area contributed by atoms with Crippen LogP contribution in [0.15, 0.2) is 0 Å². The van der Waals surface area contributed by atoms with Gasteiger partial charge in [0.2, 0.25) is 0 Å². The molecule has 0 aliphatic heterocycles. The quantitative estimate of drug-likeness (QED) is 0.779. The van der Waals surface area contributed by atoms with E-state index in [4.69, 9.17) is 0 Å². The summed E-state index contributed by atoms with van der Waals surface area (Å²) in [4.78, 5) is 13.3. The molecule has 23 heavy (non-hydrogen) atoms. The van der Waals surface area contributed by atoms with Gasteiger partial charge in [-0.05, 0) is 67.1 Å². The Kier molecular flexibility index (Phi) is 3.22. The Hall–Kier alpha value is -0.410. The van der Waals surface area contributed by atoms with Gasteiger partial charge in [0.25, 0.3) is 0 Å². The number of carbonyl (C=O) groups excluding carboxylic acids is 1. The number of carbonyl (C=O) groups is 1. The minimum absolute atomic E-state index is 0.115. The Balaban J connectivity index is 1.78. The van der Waals surface area contributed by atoms with Gasteiger partial charge in [-0.1, -0.05) is 27.2 Å². The maximum absolute atomic E-state index is 13.3. The molecule has 4 aliphatic carbocycles. The van der Waals surface area contributed by atoms with Gasteiger partial charge >= 0.3 is 0 Å². The number of Topliss-reactive ketones (excluding diaryl/α,β-unsaturated/α-hetero) is 1. The summed E-state index contributed by atoms with van der Waals surface area (Å²) in [5.74, 6) is 1.39. The van der Waals surface area contributed by atoms with Crippen molar-refractivity contribution in [1.29, 1.82) is 0 Å². The molecule has 3 heteroatoms. The van der Waals surface area contributed by atoms with Crippen molar-refractivity contribution in [2.75, 3.05) is 6.61 Å². The SMILES string of the molecule is CC1(C)CCC[C@]2(C)[C@@H]1CC(=O)[C@@]13C[C@@H](CC[C@H]12)[C@](O)(CO)C3. The lowest BCUT2D eigenvalue weighted by molar-refractivity contribution is -0.170. The predicted molar refractivity (Wildman–Crippen MR) is 88.8 cm³/mol. The fourth-order valence-electron chi connectivity index (χ4n) is 7.71. The van der Waals surface area contributed by atoms with E-state index in [0.29, 0.717) is 30.5 Å². The van der Waals surface area contributed by atoms with Crippen LogP contribution < -0.4 is 0 Å². The zero-order chi connectivity index (χ0) is 16.7. The fourth-order valence-corrected chi connectivity index (χ4v) is 7.71. The van der Waals surface area contributed by atoms with Gasteiger partial charge in [-0.3, -0.25) is 4.79 Å². The predicted octanol–water partition coefficient (Wildman–Crippen LogP) is 3.32. The van der Waals surface area contributed by atoms with Gasteiger partial charge in [-0.2, -0.15) is 0 Å². The summed E-state index contributed by atoms with van der Waals surface area (Å²) in [5, 5.41) is 20.7. The van der Waals surface area contributed by atoms with Crippen LogP contribution in [-0.2, 0) is 4.79 Å². The number of aliphatic hydroxyl groups excluding tert-OH is 1. The molecule has 4 aliphatic rings. The number of ketones is 1. The summed E-state index contributed by atoms with van der Waals surface area (Å²) >= 11 is 0. The highest BCUT2D eigenvalue weighted by atomic mass is 16.3. The lowest BCUT2D eigenvalue weighted by Gasteiger charge is -2.62. The zero-order valence-corrected chi connectivity index (χ0v) is 14.9. The molecule has 6 atom stereocenters. The van der Waals surface area contributed by atoms with Crippen LogP contribution in [0.4, 0.5) is 0 Å². The number of rotatable bonds is 1. The molecule has 0 radical (unpaired) electrons. The molecule has 2 bridgehead atoms. The van der Waals surface area contributed by atoms with Crippen molar-refractivity contribution < 1.29 is 15.0 Å². The molecule has 2 N–H and O–H groups in total. The maximum Gasteiger partial charge on any atom is 0.139 e. The van der Waals surface area contributed by atoms with Gasteiger partial charge in [0.15, 0.2) is 0 Å². The average Bonchev–Trinajstić information content (AvgIpc) is 2.71. The van der Waals surface area contributed by atoms with Crippen LogP contribution in [0, 0.1) is 34.0 Å². The molecule has 4 saturated carbocycles. The van der Waals surface area contributed by atoms with Crippen molar-refractivity contribution in [1.82, 2.24) is 0 Å². The van der Waals surface area contributed by atoms with E-state index < -0.39 is 5.60 Å². The number of hydrogen-bond acceptors (Lipinski definition) is 3. The van der Waals surface area contributed by atoms with E-state index in [-0.39, 0.29) is 28.8 Å². The van der Waals surface area contributed by atoms with Gasteiger partial charge < -0.3 is 10.2 Å². The third kappa shape index (κ3) is 1.87. The molecule has 0 aromatic rings. The van der Waals surface area contributed by atoms with E-state index in [2.05, 4.69) is 20.8 Å². The molecule has 0 heterocycles. The second-order valence-electron chi connectivity index (χ2n) is 10.2. The highest BCUT2D eigenvalue weighted by molar-refractivity contribution is 5.87. The molecule has 0 unspecified atom stereocenters. The number of fused-ring (bicyclic) bond motifs is 3. The van der Waals surface area contributed by atoms with Crippen LogP contribution in [0.2, 0.25) is 0 Å². The molecule has 130 valence electrons. The largest absolute Gasteiger partial charge is 0.393 e. The van der Waals surface area contributed by atoms with E-state index >= 15 is 0 Å². The Morgan fingerprint density at radius 2 is 1.87 bits per heavy atom. The van der Waals surface area contributed by atoms with Gasteiger partial charge in [0.05, 0.1) is 12.2 Å². The first-order valence-electron chi connectivity index (χ1n) is 9.55. The molecule has 0 aromatic heterocycles. The third-order valence-corrected chi connectivity index (χ3v) is 8.75. The second-order valence-corrected chi connectivity index (χ2v) is 10.2. The summed E-state index contributed by atoms with van der Waals surface area (Å²) in [6.45, 7) is 6.95. The monoisotopic (exact) mass is 320 g/mol. The standard InChI is InChI=1S/C20H32O3/c1-17(2)7-4-8-18(3)14-6-5-13-10-19(14,11-20(13,23)12-21)16(22)9-15(17)18/h13-15,21,23H,4-12H2,1-3H3/t13-,14+,15-,18+,19-,20-/m1/s1. The van der Waals surface area contributed by atoms with Crippen molar-refractivity contribution in [2.24, 2.45) is 34.0 Å². The molecule has 3 nitrogen and oxygen atoms in total. The van der Waals surface area contributed by atoms with Crippen LogP contribution in [0.1, 0.15) is 72.1 Å². The smallest absolute Gasteiger partial charge is 0.139 e. The highest BCUT2D eigenvalue weighted by Crippen LogP contribution is 2.71. The molecule has 4 fully saturated rings. The molecule has 0 amide bonds. The Morgan fingerprint density at radius 3 is 2.57 bits per heavy atom. The van der Waals surface area contributed by atoms with Crippen molar-refractivity contribution in [3.63, 3.8) is 0 Å². The summed E-state index contributed by atoms with van der Waals surface area (Å²) in [6.07, 6.45) is 7.75. The van der Waals surface area contributed by atoms with Gasteiger partial charge in [0, 0.05) is 11.8 Å². The molecule has 0 saturated heterocycles. The van der Waals surface area contributed by atoms with Crippen LogP contribution in [0.5, 0.6) is 0 Å². The molecular formula is C20H32O3. The normalized spacial score (nSPS) is 54.5. The molecular weight excluding hydrogens is 288 g/mol. The van der Waals surface area contributed by atoms with Crippen molar-refractivity contribution in [3.8, 4) is 0 Å². The summed E-state index contributed by atoms with van der Waals surface area (Å²) in [7, 11) is 0. The van der Waals surface area contributed by atoms with Gasteiger partial charge in [-0.15, -0.1) is 0 Å². The van der Waals surface area contributed by atoms with E-state index in [1.165, 1.54) is 19.3 Å². The van der Waals surface area contributed by atoms with Crippen LogP contribution in [0.3, 0.4) is 0 Å². The first-order valence-corrected chi connectivity index (χ1v) is 9.55. The Labute approximate surface area is 139 Å². The lowest BCUT2D eigenvalue weighted by Crippen LogP contribution is -2.59. The fraction of sp³-hybridized carbons (Fsp3) is 0.950. The first kappa shape index (κ1) is 16.1. The topological polar surface area (TPSA) is 57.5 Å². The molecule has 0 aromatic carbocycles. The number of hydrogen-bond donors (Lipinski definition) is 2. The maximum atomic E-state index is 13.3. The third-order valence-electron chi connectivity index (χ3n) is 8.75. The number of aliphatic hydroxyl groups is 2. The summed E-state index contributed by atoms with van der Waals surface area (Å²) < 4.78 is 0. The van der Waals surface area contributed by atoms with E-state index in [0.717, 1.165) is 19.3 Å². The minimum Gasteiger partial charge on any atom is -0.393 e.